The third-order valence-corrected chi connectivity index (χ3v) is 5.48. The Morgan fingerprint density at radius 1 is 1.47 bits per heavy atom. The zero-order chi connectivity index (χ0) is 13.1. The van der Waals surface area contributed by atoms with E-state index >= 15 is 0 Å². The van der Waals surface area contributed by atoms with E-state index in [1.165, 1.54) is 0 Å². The van der Waals surface area contributed by atoms with Crippen LogP contribution in [0, 0.1) is 15.9 Å². The van der Waals surface area contributed by atoms with E-state index in [0.717, 1.165) is 20.0 Å². The van der Waals surface area contributed by atoms with Gasteiger partial charge in [0.1, 0.15) is 0 Å². The van der Waals surface area contributed by atoms with Gasteiger partial charge in [0.25, 0.3) is 5.91 Å². The molecule has 2 nitrogen and oxygen atoms in total. The third kappa shape index (κ3) is 4.25. The maximum atomic E-state index is 12.0. The summed E-state index contributed by atoms with van der Waals surface area (Å²) < 4.78 is 1.03. The molecule has 0 atom stereocenters. The maximum absolute atomic E-state index is 12.0. The molecule has 0 fully saturated rings. The van der Waals surface area contributed by atoms with E-state index in [9.17, 15) is 4.79 Å². The third-order valence-electron chi connectivity index (χ3n) is 2.53. The van der Waals surface area contributed by atoms with E-state index in [1.54, 1.807) is 0 Å². The van der Waals surface area contributed by atoms with Crippen LogP contribution < -0.4 is 5.32 Å². The van der Waals surface area contributed by atoms with Crippen LogP contribution in [0.1, 0.15) is 29.8 Å². The molecule has 1 amide bonds. The Kier molecular flexibility index (Phi) is 5.44. The molecule has 0 aromatic heterocycles. The molecule has 0 unspecified atom stereocenters. The van der Waals surface area contributed by atoms with Gasteiger partial charge in [0.15, 0.2) is 0 Å². The Bertz CT molecular complexity index is 418. The van der Waals surface area contributed by atoms with Crippen LogP contribution in [0.4, 0.5) is 0 Å². The van der Waals surface area contributed by atoms with Crippen molar-refractivity contribution in [1.82, 2.24) is 5.32 Å². The van der Waals surface area contributed by atoms with Gasteiger partial charge in [-0.15, -0.1) is 0 Å². The van der Waals surface area contributed by atoms with Crippen molar-refractivity contribution in [2.45, 2.75) is 20.8 Å². The van der Waals surface area contributed by atoms with Gasteiger partial charge < -0.3 is 5.32 Å². The van der Waals surface area contributed by atoms with Crippen molar-refractivity contribution in [3.8, 4) is 0 Å². The molecular formula is C13H17BrINO. The lowest BCUT2D eigenvalue weighted by atomic mass is 9.96. The van der Waals surface area contributed by atoms with E-state index in [2.05, 4.69) is 57.7 Å². The molecule has 1 aromatic rings. The number of carbonyl (C=O) groups excluding carboxylic acids is 1. The molecule has 1 aromatic carbocycles. The molecule has 0 aliphatic carbocycles. The minimum absolute atomic E-state index is 0.00660. The van der Waals surface area contributed by atoms with Crippen LogP contribution in [0.25, 0.3) is 0 Å². The van der Waals surface area contributed by atoms with Crippen LogP contribution >= 0.6 is 38.5 Å². The number of halogens is 2. The van der Waals surface area contributed by atoms with Crippen LogP contribution in [-0.4, -0.2) is 17.8 Å². The molecule has 0 bridgehead atoms. The Labute approximate surface area is 125 Å². The van der Waals surface area contributed by atoms with Gasteiger partial charge in [-0.3, -0.25) is 4.79 Å². The monoisotopic (exact) mass is 409 g/mol. The van der Waals surface area contributed by atoms with Crippen molar-refractivity contribution in [2.24, 2.45) is 5.41 Å². The second kappa shape index (κ2) is 6.18. The highest BCUT2D eigenvalue weighted by molar-refractivity contribution is 14.1. The lowest BCUT2D eigenvalue weighted by Crippen LogP contribution is -2.35. The zero-order valence-corrected chi connectivity index (χ0v) is 14.1. The lowest BCUT2D eigenvalue weighted by Gasteiger charge is -2.22. The number of carbonyl (C=O) groups is 1. The summed E-state index contributed by atoms with van der Waals surface area (Å²) in [7, 11) is 0. The first kappa shape index (κ1) is 15.0. The summed E-state index contributed by atoms with van der Waals surface area (Å²) in [5.74, 6) is 0.00660. The first-order chi connectivity index (χ1) is 7.87. The highest BCUT2D eigenvalue weighted by Crippen LogP contribution is 2.19. The number of hydrogen-bond acceptors (Lipinski definition) is 1. The van der Waals surface area contributed by atoms with Crippen molar-refractivity contribution in [3.05, 3.63) is 32.9 Å². The van der Waals surface area contributed by atoms with E-state index < -0.39 is 0 Å². The fourth-order valence-corrected chi connectivity index (χ4v) is 2.09. The highest BCUT2D eigenvalue weighted by atomic mass is 127. The van der Waals surface area contributed by atoms with Crippen LogP contribution in [0.2, 0.25) is 0 Å². The van der Waals surface area contributed by atoms with Crippen molar-refractivity contribution in [1.29, 1.82) is 0 Å². The van der Waals surface area contributed by atoms with Gasteiger partial charge in [-0.2, -0.15) is 0 Å². The average Bonchev–Trinajstić information content (AvgIpc) is 2.30. The number of nitrogens with one attached hydrogen (secondary N) is 1. The standard InChI is InChI=1S/C13H17BrINO/c1-9-5-4-6-10(11(9)15)12(17)16-8-13(2,3)7-14/h4-6H,7-8H2,1-3H3,(H,16,17). The van der Waals surface area contributed by atoms with Crippen molar-refractivity contribution >= 4 is 44.4 Å². The summed E-state index contributed by atoms with van der Waals surface area (Å²) in [5.41, 5.74) is 1.97. The molecule has 94 valence electrons. The van der Waals surface area contributed by atoms with Gasteiger partial charge in [-0.1, -0.05) is 41.9 Å². The average molecular weight is 410 g/mol. The van der Waals surface area contributed by atoms with Crippen molar-refractivity contribution in [3.63, 3.8) is 0 Å². The maximum Gasteiger partial charge on any atom is 0.252 e. The predicted molar refractivity (Wildman–Crippen MR) is 83.8 cm³/mol. The topological polar surface area (TPSA) is 29.1 Å². The van der Waals surface area contributed by atoms with Gasteiger partial charge >= 0.3 is 0 Å². The summed E-state index contributed by atoms with van der Waals surface area (Å²) in [6, 6.07) is 5.80. The van der Waals surface area contributed by atoms with Gasteiger partial charge in [0.05, 0.1) is 5.56 Å². The second-order valence-corrected chi connectivity index (χ2v) is 6.56. The normalized spacial score (nSPS) is 11.4. The number of amides is 1. The van der Waals surface area contributed by atoms with E-state index in [-0.39, 0.29) is 11.3 Å². The van der Waals surface area contributed by atoms with Crippen LogP contribution in [0.3, 0.4) is 0 Å². The Hall–Kier alpha value is -0.100. The molecular weight excluding hydrogens is 393 g/mol. The first-order valence-electron chi connectivity index (χ1n) is 5.47. The van der Waals surface area contributed by atoms with Gasteiger partial charge in [0.2, 0.25) is 0 Å². The quantitative estimate of drug-likeness (QED) is 0.595. The van der Waals surface area contributed by atoms with Gasteiger partial charge in [-0.05, 0) is 46.6 Å². The molecule has 17 heavy (non-hydrogen) atoms. The fraction of sp³-hybridized carbons (Fsp3) is 0.462. The van der Waals surface area contributed by atoms with Crippen LogP contribution in [0.15, 0.2) is 18.2 Å². The molecule has 0 saturated heterocycles. The molecule has 1 rings (SSSR count). The SMILES string of the molecule is Cc1cccc(C(=O)NCC(C)(C)CBr)c1I. The molecule has 4 heteroatoms. The fourth-order valence-electron chi connectivity index (χ4n) is 1.28. The summed E-state index contributed by atoms with van der Waals surface area (Å²) >= 11 is 5.67. The molecule has 1 N–H and O–H groups in total. The zero-order valence-electron chi connectivity index (χ0n) is 10.3. The summed E-state index contributed by atoms with van der Waals surface area (Å²) in [5, 5.41) is 3.85. The molecule has 0 radical (unpaired) electrons. The smallest absolute Gasteiger partial charge is 0.252 e. The van der Waals surface area contributed by atoms with Crippen molar-refractivity contribution < 1.29 is 4.79 Å². The minimum Gasteiger partial charge on any atom is -0.351 e. The molecule has 0 aliphatic heterocycles. The highest BCUT2D eigenvalue weighted by Gasteiger charge is 2.18. The Morgan fingerprint density at radius 2 is 2.12 bits per heavy atom. The number of aryl methyl sites for hydroxylation is 1. The Morgan fingerprint density at radius 3 is 2.71 bits per heavy atom. The summed E-state index contributed by atoms with van der Waals surface area (Å²) in [6.45, 7) is 6.91. The predicted octanol–water partition coefficient (Wildman–Crippen LogP) is 3.75. The largest absolute Gasteiger partial charge is 0.351 e. The molecule has 0 aliphatic rings. The molecule has 0 spiro atoms. The molecule has 0 saturated carbocycles. The minimum atomic E-state index is 0.00660. The van der Waals surface area contributed by atoms with Gasteiger partial charge in [-0.25, -0.2) is 0 Å². The lowest BCUT2D eigenvalue weighted by molar-refractivity contribution is 0.0939. The van der Waals surface area contributed by atoms with E-state index in [0.29, 0.717) is 6.54 Å². The van der Waals surface area contributed by atoms with Crippen LogP contribution in [0.5, 0.6) is 0 Å². The summed E-state index contributed by atoms with van der Waals surface area (Å²) in [4.78, 5) is 12.0. The second-order valence-electron chi connectivity index (χ2n) is 4.92. The van der Waals surface area contributed by atoms with Crippen molar-refractivity contribution in [2.75, 3.05) is 11.9 Å². The van der Waals surface area contributed by atoms with E-state index in [4.69, 9.17) is 0 Å². The first-order valence-corrected chi connectivity index (χ1v) is 7.67. The number of alkyl halides is 1. The number of hydrogen-bond donors (Lipinski definition) is 1. The molecule has 0 heterocycles. The number of rotatable bonds is 4. The van der Waals surface area contributed by atoms with Gasteiger partial charge in [0, 0.05) is 15.4 Å². The summed E-state index contributed by atoms with van der Waals surface area (Å²) in [6.07, 6.45) is 0. The van der Waals surface area contributed by atoms with E-state index in [1.807, 2.05) is 25.1 Å². The van der Waals surface area contributed by atoms with Crippen LogP contribution in [-0.2, 0) is 0 Å². The number of benzene rings is 1. The Balaban J connectivity index is 2.74.